The number of halogens is 1. The molecule has 0 aromatic heterocycles. The molecule has 0 aliphatic carbocycles. The molecule has 0 radical (unpaired) electrons. The van der Waals surface area contributed by atoms with Gasteiger partial charge in [-0.2, -0.15) is 8.42 Å². The Hall–Kier alpha value is -1.08. The molecular weight excluding hydrogens is 397 g/mol. The highest BCUT2D eigenvalue weighted by molar-refractivity contribution is 14.2. The van der Waals surface area contributed by atoms with Crippen molar-refractivity contribution in [2.75, 3.05) is 0 Å². The molecule has 0 amide bonds. The summed E-state index contributed by atoms with van der Waals surface area (Å²) in [6.45, 7) is 8.01. The Morgan fingerprint density at radius 1 is 0.857 bits per heavy atom. The minimum absolute atomic E-state index is 0.273. The van der Waals surface area contributed by atoms with Gasteiger partial charge in [-0.15, -0.1) is 2.55 Å². The molecule has 112 valence electrons. The first-order valence-corrected chi connectivity index (χ1v) is 10.0. The molecule has 0 bridgehead atoms. The second-order valence-corrected chi connectivity index (χ2v) is 9.46. The van der Waals surface area contributed by atoms with Crippen LogP contribution >= 0.6 is 21.0 Å². The molecule has 5 heteroatoms. The molecule has 2 aromatic rings. The van der Waals surface area contributed by atoms with Crippen molar-refractivity contribution in [3.05, 3.63) is 62.2 Å². The third-order valence-electron chi connectivity index (χ3n) is 3.11. The third-order valence-corrected chi connectivity index (χ3v) is 8.56. The summed E-state index contributed by atoms with van der Waals surface area (Å²) in [6, 6.07) is 11.0. The second-order valence-electron chi connectivity index (χ2n) is 5.15. The fraction of sp³-hybridized carbons (Fsp3) is 0.250. The Morgan fingerprint density at radius 3 is 1.90 bits per heavy atom. The number of rotatable bonds is 3. The van der Waals surface area contributed by atoms with E-state index in [-0.39, 0.29) is 4.90 Å². The van der Waals surface area contributed by atoms with Crippen LogP contribution in [0.2, 0.25) is 0 Å². The van der Waals surface area contributed by atoms with E-state index in [1.165, 1.54) is 5.56 Å². The van der Waals surface area contributed by atoms with Gasteiger partial charge in [0.1, 0.15) is 0 Å². The van der Waals surface area contributed by atoms with E-state index in [4.69, 9.17) is 0 Å². The highest BCUT2D eigenvalue weighted by Crippen LogP contribution is 2.27. The number of hydrogen-bond acceptors (Lipinski definition) is 2. The zero-order chi connectivity index (χ0) is 15.6. The van der Waals surface area contributed by atoms with E-state index in [1.54, 1.807) is 24.3 Å². The first-order valence-electron chi connectivity index (χ1n) is 6.55. The highest BCUT2D eigenvalue weighted by atomic mass is 127. The summed E-state index contributed by atoms with van der Waals surface area (Å²) in [4.78, 5) is 0.273. The molecule has 2 rings (SSSR count). The average molecular weight is 415 g/mol. The van der Waals surface area contributed by atoms with Crippen LogP contribution in [0.15, 0.2) is 43.8 Å². The maximum absolute atomic E-state index is 12.3. The second kappa shape index (κ2) is 6.36. The smallest absolute Gasteiger partial charge is 0.199 e. The number of sulfonamides is 1. The highest BCUT2D eigenvalue weighted by Gasteiger charge is 2.12. The summed E-state index contributed by atoms with van der Waals surface area (Å²) < 4.78 is 29.7. The Kier molecular flexibility index (Phi) is 4.93. The van der Waals surface area contributed by atoms with Gasteiger partial charge in [0.05, 0.1) is 4.90 Å². The number of nitrogens with zero attached hydrogens (tertiary/aromatic N) is 1. The lowest BCUT2D eigenvalue weighted by Crippen LogP contribution is -1.95. The van der Waals surface area contributed by atoms with Crippen LogP contribution in [-0.4, -0.2) is 8.42 Å². The van der Waals surface area contributed by atoms with Crippen LogP contribution in [0.1, 0.15) is 22.3 Å². The fourth-order valence-electron chi connectivity index (χ4n) is 2.13. The van der Waals surface area contributed by atoms with E-state index >= 15 is 0 Å². The van der Waals surface area contributed by atoms with Gasteiger partial charge in [-0.1, -0.05) is 35.4 Å². The Bertz CT molecular complexity index is 771. The minimum atomic E-state index is -3.54. The molecule has 0 unspecified atom stereocenters. The van der Waals surface area contributed by atoms with Gasteiger partial charge in [-0.3, -0.25) is 0 Å². The van der Waals surface area contributed by atoms with Crippen molar-refractivity contribution < 1.29 is 8.42 Å². The van der Waals surface area contributed by atoms with Crippen molar-refractivity contribution in [2.45, 2.75) is 32.6 Å². The summed E-state index contributed by atoms with van der Waals surface area (Å²) in [6.07, 6.45) is 0. The van der Waals surface area contributed by atoms with Gasteiger partial charge < -0.3 is 0 Å². The molecule has 0 fully saturated rings. The maximum Gasteiger partial charge on any atom is 0.286 e. The number of aryl methyl sites for hydroxylation is 4. The van der Waals surface area contributed by atoms with E-state index < -0.39 is 31.1 Å². The lowest BCUT2D eigenvalue weighted by atomic mass is 10.1. The molecule has 0 atom stereocenters. The normalized spacial score (nSPS) is 12.4. The predicted molar refractivity (Wildman–Crippen MR) is 94.2 cm³/mol. The van der Waals surface area contributed by atoms with Gasteiger partial charge in [-0.25, -0.2) is 0 Å². The van der Waals surface area contributed by atoms with Crippen molar-refractivity contribution in [3.63, 3.8) is 0 Å². The quantitative estimate of drug-likeness (QED) is 0.687. The van der Waals surface area contributed by atoms with E-state index in [0.29, 0.717) is 0 Å². The molecule has 21 heavy (non-hydrogen) atoms. The van der Waals surface area contributed by atoms with Gasteiger partial charge in [0.15, 0.2) is 0 Å². The number of benzene rings is 2. The van der Waals surface area contributed by atoms with Gasteiger partial charge in [-0.05, 0) is 51.0 Å². The largest absolute Gasteiger partial charge is 0.286 e. The molecule has 0 saturated carbocycles. The first-order chi connectivity index (χ1) is 9.79. The molecule has 2 aromatic carbocycles. The van der Waals surface area contributed by atoms with E-state index in [9.17, 15) is 8.42 Å². The molecule has 0 aliphatic heterocycles. The van der Waals surface area contributed by atoms with Crippen LogP contribution in [0.4, 0.5) is 0 Å². The standard InChI is InChI=1S/C16H18INO2S/c1-11-5-7-15(8-6-11)21(19,20)18-17-16-13(3)9-12(2)10-14(16)4/h5-10H,1-4H3. The average Bonchev–Trinajstić information content (AvgIpc) is 2.37. The van der Waals surface area contributed by atoms with Crippen molar-refractivity contribution in [2.24, 2.45) is 2.55 Å². The van der Waals surface area contributed by atoms with Crippen LogP contribution in [0.25, 0.3) is 0 Å². The minimum Gasteiger partial charge on any atom is -0.199 e. The van der Waals surface area contributed by atoms with Crippen molar-refractivity contribution in [1.82, 2.24) is 0 Å². The Labute approximate surface area is 136 Å². The topological polar surface area (TPSA) is 46.5 Å². The van der Waals surface area contributed by atoms with Gasteiger partial charge >= 0.3 is 0 Å². The predicted octanol–water partition coefficient (Wildman–Crippen LogP) is 4.63. The maximum atomic E-state index is 12.3. The Morgan fingerprint density at radius 2 is 1.38 bits per heavy atom. The van der Waals surface area contributed by atoms with Crippen LogP contribution < -0.4 is 0 Å². The fourth-order valence-corrected chi connectivity index (χ4v) is 5.97. The van der Waals surface area contributed by atoms with Crippen LogP contribution in [0, 0.1) is 31.3 Å². The van der Waals surface area contributed by atoms with Crippen molar-refractivity contribution in [1.29, 1.82) is 0 Å². The Balaban J connectivity index is 2.39. The van der Waals surface area contributed by atoms with Crippen molar-refractivity contribution >= 4 is 31.1 Å². The van der Waals surface area contributed by atoms with Crippen LogP contribution in [0.5, 0.6) is 0 Å². The lowest BCUT2D eigenvalue weighted by Gasteiger charge is -2.05. The SMILES string of the molecule is Cc1ccc(S(=O)(=O)N=Ic2c(C)cc(C)cc2C)cc1. The van der Waals surface area contributed by atoms with Crippen LogP contribution in [0.3, 0.4) is 0 Å². The molecule has 3 nitrogen and oxygen atoms in total. The van der Waals surface area contributed by atoms with Gasteiger partial charge in [0.25, 0.3) is 10.0 Å². The summed E-state index contributed by atoms with van der Waals surface area (Å²) in [5.74, 6) is 0. The summed E-state index contributed by atoms with van der Waals surface area (Å²) in [7, 11) is -3.54. The third kappa shape index (κ3) is 3.97. The number of hydrogen-bond donors (Lipinski definition) is 0. The van der Waals surface area contributed by atoms with E-state index in [0.717, 1.165) is 20.3 Å². The summed E-state index contributed by atoms with van der Waals surface area (Å²) >= 11 is -0.916. The van der Waals surface area contributed by atoms with Gasteiger partial charge in [0, 0.05) is 24.6 Å². The monoisotopic (exact) mass is 415 g/mol. The van der Waals surface area contributed by atoms with Crippen LogP contribution in [-0.2, 0) is 10.0 Å². The molecular formula is C16H18INO2S. The summed E-state index contributed by atoms with van der Waals surface area (Å²) in [5.41, 5.74) is 4.49. The lowest BCUT2D eigenvalue weighted by molar-refractivity contribution is 0.599. The molecule has 0 heterocycles. The van der Waals surface area contributed by atoms with E-state index in [1.807, 2.05) is 27.7 Å². The molecule has 0 N–H and O–H groups in total. The molecule has 0 spiro atoms. The summed E-state index contributed by atoms with van der Waals surface area (Å²) in [5, 5.41) is 0. The van der Waals surface area contributed by atoms with Gasteiger partial charge in [0.2, 0.25) is 0 Å². The van der Waals surface area contributed by atoms with Crippen molar-refractivity contribution in [3.8, 4) is 0 Å². The zero-order valence-corrected chi connectivity index (χ0v) is 15.5. The molecule has 0 aliphatic rings. The van der Waals surface area contributed by atoms with E-state index in [2.05, 4.69) is 14.7 Å². The zero-order valence-electron chi connectivity index (χ0n) is 12.5. The first kappa shape index (κ1) is 16.3. The molecule has 0 saturated heterocycles.